The van der Waals surface area contributed by atoms with Crippen LogP contribution in [0.3, 0.4) is 0 Å². The van der Waals surface area contributed by atoms with Crippen molar-refractivity contribution in [2.45, 2.75) is 30.6 Å². The molecule has 1 fully saturated rings. The molecule has 3 aromatic rings. The van der Waals surface area contributed by atoms with Gasteiger partial charge < -0.3 is 4.90 Å². The molecule has 9 heteroatoms. The van der Waals surface area contributed by atoms with E-state index in [1.165, 1.54) is 4.90 Å². The minimum atomic E-state index is -5.03. The molecule has 0 radical (unpaired) electrons. The molecule has 2 atom stereocenters. The fourth-order valence-corrected chi connectivity index (χ4v) is 4.67. The van der Waals surface area contributed by atoms with Crippen LogP contribution in [0.25, 0.3) is 0 Å². The topological polar surface area (TPSA) is 20.3 Å². The van der Waals surface area contributed by atoms with Crippen molar-refractivity contribution in [3.8, 4) is 0 Å². The Labute approximate surface area is 203 Å². The molecular weight excluding hydrogens is 492 g/mol. The van der Waals surface area contributed by atoms with Crippen LogP contribution in [0.2, 0.25) is 5.02 Å². The van der Waals surface area contributed by atoms with Gasteiger partial charge in [0.15, 0.2) is 0 Å². The number of nitrogens with zero attached hydrogens (tertiary/aromatic N) is 1. The van der Waals surface area contributed by atoms with Gasteiger partial charge in [0, 0.05) is 29.6 Å². The van der Waals surface area contributed by atoms with Crippen molar-refractivity contribution in [3.05, 3.63) is 106 Å². The second kappa shape index (κ2) is 9.57. The third-order valence-electron chi connectivity index (χ3n) is 6.26. The standard InChI is InChI=1S/C26H20ClF6NO/c27-21-8-6-17(7-9-21)23-15-34(11-10-22(23)16-4-2-1-3-5-16)24(35)18-12-19(25(28,29)30)14-20(13-18)26(31,32)33/h1-9,12-14,22-23H,10-11,15H2/t22-,23+/m0/s1. The average Bonchev–Trinajstić information content (AvgIpc) is 2.83. The number of likely N-dealkylation sites (tertiary alicyclic amines) is 1. The van der Waals surface area contributed by atoms with Crippen LogP contribution in [0.5, 0.6) is 0 Å². The van der Waals surface area contributed by atoms with Gasteiger partial charge in [-0.1, -0.05) is 54.1 Å². The second-order valence-electron chi connectivity index (χ2n) is 8.51. The van der Waals surface area contributed by atoms with Crippen molar-refractivity contribution in [3.63, 3.8) is 0 Å². The second-order valence-corrected chi connectivity index (χ2v) is 8.95. The summed E-state index contributed by atoms with van der Waals surface area (Å²) in [4.78, 5) is 14.5. The Bertz CT molecular complexity index is 1160. The first-order valence-corrected chi connectivity index (χ1v) is 11.2. The van der Waals surface area contributed by atoms with Crippen LogP contribution in [0.1, 0.15) is 50.9 Å². The van der Waals surface area contributed by atoms with Crippen molar-refractivity contribution < 1.29 is 31.1 Å². The molecule has 1 aliphatic heterocycles. The van der Waals surface area contributed by atoms with Crippen molar-refractivity contribution in [1.29, 1.82) is 0 Å². The highest BCUT2D eigenvalue weighted by Crippen LogP contribution is 2.41. The van der Waals surface area contributed by atoms with Gasteiger partial charge in [-0.3, -0.25) is 4.79 Å². The van der Waals surface area contributed by atoms with Crippen LogP contribution in [0, 0.1) is 0 Å². The lowest BCUT2D eigenvalue weighted by Crippen LogP contribution is -2.42. The van der Waals surface area contributed by atoms with Gasteiger partial charge in [-0.05, 0) is 53.8 Å². The van der Waals surface area contributed by atoms with Crippen LogP contribution in [-0.4, -0.2) is 23.9 Å². The SMILES string of the molecule is O=C(c1cc(C(F)(F)F)cc(C(F)(F)F)c1)N1CC[C@@H](c2ccccc2)[C@@H](c2ccc(Cl)cc2)C1. The minimum Gasteiger partial charge on any atom is -0.338 e. The van der Waals surface area contributed by atoms with Gasteiger partial charge in [0.1, 0.15) is 0 Å². The minimum absolute atomic E-state index is 0.00803. The van der Waals surface area contributed by atoms with E-state index < -0.39 is 35.0 Å². The van der Waals surface area contributed by atoms with E-state index in [0.29, 0.717) is 23.6 Å². The number of alkyl halides is 6. The molecule has 1 aliphatic rings. The molecule has 0 spiro atoms. The zero-order chi connectivity index (χ0) is 25.4. The maximum Gasteiger partial charge on any atom is 0.416 e. The summed E-state index contributed by atoms with van der Waals surface area (Å²) in [6, 6.07) is 17.7. The molecule has 35 heavy (non-hydrogen) atoms. The van der Waals surface area contributed by atoms with Crippen LogP contribution in [0.4, 0.5) is 26.3 Å². The summed E-state index contributed by atoms with van der Waals surface area (Å²) in [5.41, 5.74) is -1.74. The average molecular weight is 512 g/mol. The molecule has 2 nitrogen and oxygen atoms in total. The molecule has 0 aliphatic carbocycles. The number of piperidine rings is 1. The summed E-state index contributed by atoms with van der Waals surface area (Å²) in [6.45, 7) is 0.331. The van der Waals surface area contributed by atoms with Crippen molar-refractivity contribution in [2.24, 2.45) is 0 Å². The molecule has 4 rings (SSSR count). The van der Waals surface area contributed by atoms with E-state index in [4.69, 9.17) is 11.6 Å². The molecule has 0 aromatic heterocycles. The number of hydrogen-bond donors (Lipinski definition) is 0. The van der Waals surface area contributed by atoms with Crippen LogP contribution >= 0.6 is 11.6 Å². The van der Waals surface area contributed by atoms with Gasteiger partial charge in [-0.25, -0.2) is 0 Å². The molecule has 184 valence electrons. The van der Waals surface area contributed by atoms with Crippen molar-refractivity contribution >= 4 is 17.5 Å². The predicted octanol–water partition coefficient (Wildman–Crippen LogP) is 7.79. The van der Waals surface area contributed by atoms with Gasteiger partial charge in [0.05, 0.1) is 11.1 Å². The monoisotopic (exact) mass is 511 g/mol. The maximum atomic E-state index is 13.3. The maximum absolute atomic E-state index is 13.3. The number of benzene rings is 3. The third kappa shape index (κ3) is 5.64. The Morgan fingerprint density at radius 3 is 1.86 bits per heavy atom. The zero-order valence-electron chi connectivity index (χ0n) is 18.2. The molecular formula is C26H20ClF6NO. The lowest BCUT2D eigenvalue weighted by Gasteiger charge is -2.39. The Hall–Kier alpha value is -3.00. The summed E-state index contributed by atoms with van der Waals surface area (Å²) in [5.74, 6) is -1.08. The molecule has 0 bridgehead atoms. The van der Waals surface area contributed by atoms with E-state index in [2.05, 4.69) is 0 Å². The lowest BCUT2D eigenvalue weighted by atomic mass is 9.76. The van der Waals surface area contributed by atoms with E-state index >= 15 is 0 Å². The van der Waals surface area contributed by atoms with E-state index in [0.717, 1.165) is 11.1 Å². The van der Waals surface area contributed by atoms with Crippen LogP contribution < -0.4 is 0 Å². The van der Waals surface area contributed by atoms with Gasteiger partial charge in [0.2, 0.25) is 0 Å². The highest BCUT2D eigenvalue weighted by molar-refractivity contribution is 6.30. The quantitative estimate of drug-likeness (QED) is 0.329. The smallest absolute Gasteiger partial charge is 0.338 e. The van der Waals surface area contributed by atoms with Crippen molar-refractivity contribution in [1.82, 2.24) is 4.90 Å². The largest absolute Gasteiger partial charge is 0.416 e. The van der Waals surface area contributed by atoms with Crippen LogP contribution in [-0.2, 0) is 12.4 Å². The van der Waals surface area contributed by atoms with Crippen LogP contribution in [0.15, 0.2) is 72.8 Å². The Morgan fingerprint density at radius 1 is 0.771 bits per heavy atom. The Kier molecular flexibility index (Phi) is 6.86. The summed E-state index contributed by atoms with van der Waals surface area (Å²) < 4.78 is 79.8. The first-order valence-electron chi connectivity index (χ1n) is 10.8. The summed E-state index contributed by atoms with van der Waals surface area (Å²) in [6.07, 6.45) is -9.56. The first kappa shape index (κ1) is 25.1. The van der Waals surface area contributed by atoms with Crippen molar-refractivity contribution in [2.75, 3.05) is 13.1 Å². The van der Waals surface area contributed by atoms with Gasteiger partial charge in [0.25, 0.3) is 5.91 Å². The molecule has 0 N–H and O–H groups in total. The number of rotatable bonds is 3. The summed E-state index contributed by atoms with van der Waals surface area (Å²) in [7, 11) is 0. The normalized spacial score (nSPS) is 19.0. The molecule has 1 heterocycles. The molecule has 0 saturated carbocycles. The lowest BCUT2D eigenvalue weighted by molar-refractivity contribution is -0.143. The molecule has 1 saturated heterocycles. The predicted molar refractivity (Wildman–Crippen MR) is 120 cm³/mol. The van der Waals surface area contributed by atoms with Gasteiger partial charge >= 0.3 is 12.4 Å². The van der Waals surface area contributed by atoms with Gasteiger partial charge in [-0.15, -0.1) is 0 Å². The Morgan fingerprint density at radius 2 is 1.31 bits per heavy atom. The number of amides is 1. The highest BCUT2D eigenvalue weighted by atomic mass is 35.5. The molecule has 3 aromatic carbocycles. The van der Waals surface area contributed by atoms with Gasteiger partial charge in [-0.2, -0.15) is 26.3 Å². The number of carbonyl (C=O) groups excluding carboxylic acids is 1. The fraction of sp³-hybridized carbons (Fsp3) is 0.269. The third-order valence-corrected chi connectivity index (χ3v) is 6.51. The highest BCUT2D eigenvalue weighted by Gasteiger charge is 2.39. The van der Waals surface area contributed by atoms with E-state index in [1.54, 1.807) is 12.1 Å². The Balaban J connectivity index is 1.69. The zero-order valence-corrected chi connectivity index (χ0v) is 19.0. The van der Waals surface area contributed by atoms with E-state index in [-0.39, 0.29) is 31.0 Å². The van der Waals surface area contributed by atoms with E-state index in [1.807, 2.05) is 42.5 Å². The number of hydrogen-bond acceptors (Lipinski definition) is 1. The summed E-state index contributed by atoms with van der Waals surface area (Å²) >= 11 is 6.02. The molecule has 1 amide bonds. The molecule has 0 unspecified atom stereocenters. The summed E-state index contributed by atoms with van der Waals surface area (Å²) in [5, 5.41) is 0.525. The number of carbonyl (C=O) groups is 1. The fourth-order valence-electron chi connectivity index (χ4n) is 4.54. The first-order chi connectivity index (χ1) is 16.4. The van der Waals surface area contributed by atoms with E-state index in [9.17, 15) is 31.1 Å². The number of halogens is 7.